The van der Waals surface area contributed by atoms with Crippen LogP contribution in [-0.2, 0) is 10.0 Å². The van der Waals surface area contributed by atoms with Gasteiger partial charge in [-0.2, -0.15) is 0 Å². The van der Waals surface area contributed by atoms with Crippen molar-refractivity contribution in [2.45, 2.75) is 5.16 Å². The molecule has 0 fully saturated rings. The topological polar surface area (TPSA) is 79.0 Å². The molecule has 0 radical (unpaired) electrons. The molecule has 0 saturated carbocycles. The highest BCUT2D eigenvalue weighted by atomic mass is 32.2. The first-order valence-corrected chi connectivity index (χ1v) is 4.27. The van der Waals surface area contributed by atoms with E-state index in [2.05, 4.69) is 15.2 Å². The fraction of sp³-hybridized carbons (Fsp3) is 0.500. The minimum atomic E-state index is -3.45. The maximum Gasteiger partial charge on any atom is 0.282 e. The van der Waals surface area contributed by atoms with E-state index < -0.39 is 10.0 Å². The molecule has 1 N–H and O–H groups in total. The summed E-state index contributed by atoms with van der Waals surface area (Å²) in [5.41, 5.74) is 0. The monoisotopic (exact) mass is 176 g/mol. The van der Waals surface area contributed by atoms with Gasteiger partial charge in [-0.15, -0.1) is 5.10 Å². The van der Waals surface area contributed by atoms with Gasteiger partial charge in [0.05, 0.1) is 0 Å². The fourth-order valence-electron chi connectivity index (χ4n) is 0.485. The van der Waals surface area contributed by atoms with E-state index in [-0.39, 0.29) is 5.16 Å². The van der Waals surface area contributed by atoms with Gasteiger partial charge in [0.15, 0.2) is 0 Å². The average Bonchev–Trinajstić information content (AvgIpc) is 2.37. The van der Waals surface area contributed by atoms with E-state index in [1.54, 1.807) is 0 Å². The Balaban J connectivity index is 3.12. The summed E-state index contributed by atoms with van der Waals surface area (Å²) < 4.78 is 23.4. The third kappa shape index (κ3) is 1.38. The van der Waals surface area contributed by atoms with Crippen molar-refractivity contribution < 1.29 is 8.42 Å². The second kappa shape index (κ2) is 2.59. The molecule has 62 valence electrons. The van der Waals surface area contributed by atoms with Crippen molar-refractivity contribution in [3.63, 3.8) is 0 Å². The Hall–Kier alpha value is -0.950. The van der Waals surface area contributed by atoms with Gasteiger partial charge < -0.3 is 0 Å². The predicted molar refractivity (Wildman–Crippen MR) is 37.3 cm³/mol. The number of nitrogens with one attached hydrogen (secondary N) is 1. The van der Waals surface area contributed by atoms with Crippen LogP contribution in [-0.4, -0.2) is 42.0 Å². The SMILES string of the molecule is CN(C)S(=O)(=O)c1nc[nH]n1. The summed E-state index contributed by atoms with van der Waals surface area (Å²) in [6.07, 6.45) is 1.22. The van der Waals surface area contributed by atoms with Gasteiger partial charge >= 0.3 is 0 Å². The Labute approximate surface area is 64.3 Å². The quantitative estimate of drug-likeness (QED) is 0.630. The van der Waals surface area contributed by atoms with Crippen LogP contribution in [0.5, 0.6) is 0 Å². The number of hydrogen-bond acceptors (Lipinski definition) is 4. The van der Waals surface area contributed by atoms with Crippen LogP contribution in [0.3, 0.4) is 0 Å². The molecule has 0 saturated heterocycles. The van der Waals surface area contributed by atoms with E-state index in [1.807, 2.05) is 0 Å². The van der Waals surface area contributed by atoms with E-state index in [0.717, 1.165) is 4.31 Å². The Morgan fingerprint density at radius 3 is 2.55 bits per heavy atom. The van der Waals surface area contributed by atoms with Crippen LogP contribution >= 0.6 is 0 Å². The number of nitrogens with zero attached hydrogens (tertiary/aromatic N) is 3. The van der Waals surface area contributed by atoms with Crippen LogP contribution in [0.4, 0.5) is 0 Å². The third-order valence-electron chi connectivity index (χ3n) is 1.10. The number of sulfonamides is 1. The van der Waals surface area contributed by atoms with Crippen molar-refractivity contribution in [2.24, 2.45) is 0 Å². The van der Waals surface area contributed by atoms with Crippen molar-refractivity contribution in [3.8, 4) is 0 Å². The van der Waals surface area contributed by atoms with Crippen LogP contribution < -0.4 is 0 Å². The standard InChI is InChI=1S/C4H8N4O2S/c1-8(2)11(9,10)4-5-3-6-7-4/h3H,1-2H3,(H,5,6,7). The molecule has 6 nitrogen and oxygen atoms in total. The van der Waals surface area contributed by atoms with E-state index in [9.17, 15) is 8.42 Å². The van der Waals surface area contributed by atoms with Gasteiger partial charge in [-0.3, -0.25) is 5.10 Å². The Morgan fingerprint density at radius 1 is 1.55 bits per heavy atom. The van der Waals surface area contributed by atoms with Crippen LogP contribution in [0.25, 0.3) is 0 Å². The fourth-order valence-corrected chi connectivity index (χ4v) is 1.17. The molecule has 1 aromatic rings. The summed E-state index contributed by atoms with van der Waals surface area (Å²) in [4.78, 5) is 3.51. The van der Waals surface area contributed by atoms with E-state index >= 15 is 0 Å². The summed E-state index contributed by atoms with van der Waals surface area (Å²) in [6.45, 7) is 0. The minimum Gasteiger partial charge on any atom is -0.265 e. The minimum absolute atomic E-state index is 0.206. The van der Waals surface area contributed by atoms with Gasteiger partial charge in [0, 0.05) is 14.1 Å². The molecule has 11 heavy (non-hydrogen) atoms. The van der Waals surface area contributed by atoms with E-state index in [0.29, 0.717) is 0 Å². The molecule has 0 amide bonds. The Morgan fingerprint density at radius 2 is 2.18 bits per heavy atom. The predicted octanol–water partition coefficient (Wildman–Crippen LogP) is -0.945. The van der Waals surface area contributed by atoms with Crippen LogP contribution in [0, 0.1) is 0 Å². The van der Waals surface area contributed by atoms with Crippen molar-refractivity contribution in [1.82, 2.24) is 19.5 Å². The molecule has 0 atom stereocenters. The molecule has 1 heterocycles. The molecule has 1 rings (SSSR count). The van der Waals surface area contributed by atoms with Crippen LogP contribution in [0.1, 0.15) is 0 Å². The van der Waals surface area contributed by atoms with Gasteiger partial charge in [0.1, 0.15) is 6.33 Å². The second-order valence-electron chi connectivity index (χ2n) is 2.07. The van der Waals surface area contributed by atoms with E-state index in [1.165, 1.54) is 20.4 Å². The maximum absolute atomic E-state index is 11.2. The highest BCUT2D eigenvalue weighted by Gasteiger charge is 2.20. The van der Waals surface area contributed by atoms with Crippen LogP contribution in [0.15, 0.2) is 11.5 Å². The molecule has 0 bridgehead atoms. The summed E-state index contributed by atoms with van der Waals surface area (Å²) in [7, 11) is -0.609. The van der Waals surface area contributed by atoms with Gasteiger partial charge in [0.25, 0.3) is 15.2 Å². The van der Waals surface area contributed by atoms with Crippen LogP contribution in [0.2, 0.25) is 0 Å². The molecule has 0 spiro atoms. The Kier molecular flexibility index (Phi) is 1.92. The third-order valence-corrected chi connectivity index (χ3v) is 2.72. The highest BCUT2D eigenvalue weighted by Crippen LogP contribution is 2.03. The summed E-state index contributed by atoms with van der Waals surface area (Å²) in [6, 6.07) is 0. The lowest BCUT2D eigenvalue weighted by atomic mass is 11.3. The number of aromatic nitrogens is 3. The lowest BCUT2D eigenvalue weighted by Crippen LogP contribution is -2.23. The summed E-state index contributed by atoms with van der Waals surface area (Å²) in [5, 5.41) is 5.56. The average molecular weight is 176 g/mol. The normalized spacial score (nSPS) is 12.3. The number of aromatic amines is 1. The zero-order chi connectivity index (χ0) is 8.48. The second-order valence-corrected chi connectivity index (χ2v) is 4.11. The molecule has 1 aromatic heterocycles. The molecule has 0 aliphatic rings. The number of H-pyrrole nitrogens is 1. The van der Waals surface area contributed by atoms with Crippen molar-refractivity contribution in [1.29, 1.82) is 0 Å². The molecular formula is C4H8N4O2S. The smallest absolute Gasteiger partial charge is 0.265 e. The summed E-state index contributed by atoms with van der Waals surface area (Å²) in [5.74, 6) is 0. The van der Waals surface area contributed by atoms with Crippen molar-refractivity contribution >= 4 is 10.0 Å². The first kappa shape index (κ1) is 8.15. The van der Waals surface area contributed by atoms with Crippen molar-refractivity contribution in [2.75, 3.05) is 14.1 Å². The number of rotatable bonds is 2. The first-order valence-electron chi connectivity index (χ1n) is 2.83. The molecule has 0 aliphatic heterocycles. The molecular weight excluding hydrogens is 168 g/mol. The molecule has 0 aromatic carbocycles. The van der Waals surface area contributed by atoms with Gasteiger partial charge in [-0.1, -0.05) is 0 Å². The molecule has 0 aliphatic carbocycles. The molecule has 7 heteroatoms. The summed E-state index contributed by atoms with van der Waals surface area (Å²) >= 11 is 0. The number of hydrogen-bond donors (Lipinski definition) is 1. The first-order chi connectivity index (χ1) is 5.05. The maximum atomic E-state index is 11.2. The zero-order valence-electron chi connectivity index (χ0n) is 6.14. The zero-order valence-corrected chi connectivity index (χ0v) is 6.96. The lowest BCUT2D eigenvalue weighted by molar-refractivity contribution is 0.512. The largest absolute Gasteiger partial charge is 0.282 e. The lowest BCUT2D eigenvalue weighted by Gasteiger charge is -2.05. The molecule has 0 unspecified atom stereocenters. The van der Waals surface area contributed by atoms with Gasteiger partial charge in [-0.05, 0) is 0 Å². The van der Waals surface area contributed by atoms with Gasteiger partial charge in [0.2, 0.25) is 0 Å². The highest BCUT2D eigenvalue weighted by molar-refractivity contribution is 7.88. The van der Waals surface area contributed by atoms with Crippen molar-refractivity contribution in [3.05, 3.63) is 6.33 Å². The van der Waals surface area contributed by atoms with E-state index in [4.69, 9.17) is 0 Å². The van der Waals surface area contributed by atoms with Gasteiger partial charge in [-0.25, -0.2) is 17.7 Å². The Bertz CT molecular complexity index is 314.